The van der Waals surface area contributed by atoms with E-state index in [2.05, 4.69) is 34.1 Å². The van der Waals surface area contributed by atoms with Crippen molar-refractivity contribution < 1.29 is 17.2 Å². The third kappa shape index (κ3) is 4.70. The van der Waals surface area contributed by atoms with Crippen molar-refractivity contribution >= 4 is 9.84 Å². The number of benzene rings is 1. The van der Waals surface area contributed by atoms with E-state index in [-0.39, 0.29) is 23.1 Å². The molecule has 1 aliphatic rings. The van der Waals surface area contributed by atoms with E-state index in [1.807, 2.05) is 12.1 Å². The van der Waals surface area contributed by atoms with Crippen LogP contribution in [0.25, 0.3) is 22.8 Å². The zero-order chi connectivity index (χ0) is 27.1. The maximum Gasteiger partial charge on any atom is 0.199 e. The van der Waals surface area contributed by atoms with Gasteiger partial charge in [0.25, 0.3) is 0 Å². The Labute approximate surface area is 220 Å². The molecule has 0 fully saturated rings. The van der Waals surface area contributed by atoms with Gasteiger partial charge in [-0.1, -0.05) is 26.0 Å². The van der Waals surface area contributed by atoms with Crippen LogP contribution >= 0.6 is 0 Å². The van der Waals surface area contributed by atoms with Gasteiger partial charge >= 0.3 is 0 Å². The van der Waals surface area contributed by atoms with Crippen LogP contribution in [0.5, 0.6) is 0 Å². The number of nitrogens with zero attached hydrogens (tertiary/aromatic N) is 6. The maximum absolute atomic E-state index is 14.6. The molecule has 3 heterocycles. The Bertz CT molecular complexity index is 1590. The average molecular weight is 539 g/mol. The van der Waals surface area contributed by atoms with Crippen LogP contribution in [0.15, 0.2) is 48.8 Å². The summed E-state index contributed by atoms with van der Waals surface area (Å²) < 4.78 is 53.7. The minimum Gasteiger partial charge on any atom is -0.248 e. The van der Waals surface area contributed by atoms with Gasteiger partial charge in [-0.05, 0) is 67.5 Å². The molecule has 8 nitrogen and oxygen atoms in total. The molecule has 0 spiro atoms. The highest BCUT2D eigenvalue weighted by Gasteiger charge is 2.43. The molecule has 0 saturated heterocycles. The lowest BCUT2D eigenvalue weighted by atomic mass is 9.65. The molecule has 5 rings (SSSR count). The van der Waals surface area contributed by atoms with Crippen LogP contribution in [0.2, 0.25) is 0 Å². The predicted octanol–water partition coefficient (Wildman–Crippen LogP) is 5.06. The van der Waals surface area contributed by atoms with E-state index in [4.69, 9.17) is 4.98 Å². The highest BCUT2D eigenvalue weighted by atomic mass is 32.2. The fourth-order valence-electron chi connectivity index (χ4n) is 5.39. The van der Waals surface area contributed by atoms with E-state index in [0.717, 1.165) is 42.5 Å². The van der Waals surface area contributed by atoms with Gasteiger partial charge in [0.15, 0.2) is 15.7 Å². The van der Waals surface area contributed by atoms with Crippen molar-refractivity contribution in [3.8, 4) is 22.8 Å². The first-order valence-corrected chi connectivity index (χ1v) is 14.6. The second-order valence-corrected chi connectivity index (χ2v) is 11.9. The molecule has 0 aliphatic heterocycles. The minimum absolute atomic E-state index is 0.172. The van der Waals surface area contributed by atoms with E-state index < -0.39 is 26.9 Å². The van der Waals surface area contributed by atoms with E-state index in [0.29, 0.717) is 17.9 Å². The minimum atomic E-state index is -3.28. The van der Waals surface area contributed by atoms with Gasteiger partial charge in [-0.2, -0.15) is 5.10 Å². The lowest BCUT2D eigenvalue weighted by Gasteiger charge is -2.40. The van der Waals surface area contributed by atoms with Crippen LogP contribution in [0, 0.1) is 11.6 Å². The third-order valence-electron chi connectivity index (χ3n) is 7.32. The lowest BCUT2D eigenvalue weighted by molar-refractivity contribution is 0.353. The molecule has 0 radical (unpaired) electrons. The van der Waals surface area contributed by atoms with Crippen molar-refractivity contribution in [2.45, 2.75) is 56.7 Å². The quantitative estimate of drug-likeness (QED) is 0.324. The monoisotopic (exact) mass is 538 g/mol. The van der Waals surface area contributed by atoms with Crippen LogP contribution in [0.3, 0.4) is 0 Å². The molecule has 1 aliphatic carbocycles. The molecule has 0 bridgehead atoms. The van der Waals surface area contributed by atoms with Crippen molar-refractivity contribution in [2.75, 3.05) is 6.26 Å². The Balaban J connectivity index is 1.60. The van der Waals surface area contributed by atoms with Crippen molar-refractivity contribution in [3.05, 3.63) is 77.4 Å². The lowest BCUT2D eigenvalue weighted by Crippen LogP contribution is -2.35. The summed E-state index contributed by atoms with van der Waals surface area (Å²) in [7, 11) is -3.28. The van der Waals surface area contributed by atoms with Crippen molar-refractivity contribution in [2.24, 2.45) is 0 Å². The molecule has 0 saturated carbocycles. The van der Waals surface area contributed by atoms with Gasteiger partial charge in [0.1, 0.15) is 29.5 Å². The first-order chi connectivity index (χ1) is 18.1. The summed E-state index contributed by atoms with van der Waals surface area (Å²) in [5, 5.41) is 13.2. The summed E-state index contributed by atoms with van der Waals surface area (Å²) in [6.07, 6.45) is 5.68. The fourth-order valence-corrected chi connectivity index (χ4v) is 5.99. The summed E-state index contributed by atoms with van der Waals surface area (Å²) in [6.45, 7) is 4.16. The van der Waals surface area contributed by atoms with Gasteiger partial charge in [0.2, 0.25) is 0 Å². The molecule has 38 heavy (non-hydrogen) atoms. The van der Waals surface area contributed by atoms with E-state index in [9.17, 15) is 17.2 Å². The molecular weight excluding hydrogens is 510 g/mol. The van der Waals surface area contributed by atoms with Crippen LogP contribution < -0.4 is 0 Å². The molecule has 3 aromatic heterocycles. The smallest absolute Gasteiger partial charge is 0.199 e. The summed E-state index contributed by atoms with van der Waals surface area (Å²) in [6, 6.07) is 11.1. The molecule has 4 aromatic rings. The Morgan fingerprint density at radius 1 is 1.05 bits per heavy atom. The first kappa shape index (κ1) is 26.0. The Hall–Kier alpha value is -3.60. The number of fused-ring (bicyclic) bond motifs is 1. The van der Waals surface area contributed by atoms with Gasteiger partial charge in [0, 0.05) is 6.26 Å². The van der Waals surface area contributed by atoms with Gasteiger partial charge in [-0.3, -0.25) is 0 Å². The molecular formula is C27H28F2N6O2S. The summed E-state index contributed by atoms with van der Waals surface area (Å²) in [5.41, 5.74) is 2.40. The molecule has 0 N–H and O–H groups in total. The third-order valence-corrected chi connectivity index (χ3v) is 8.06. The van der Waals surface area contributed by atoms with Crippen LogP contribution in [-0.2, 0) is 21.1 Å². The molecule has 11 heteroatoms. The number of hydrogen-bond donors (Lipinski definition) is 0. The molecule has 0 amide bonds. The number of rotatable bonds is 7. The molecule has 1 aromatic carbocycles. The van der Waals surface area contributed by atoms with Crippen molar-refractivity contribution in [3.63, 3.8) is 0 Å². The molecule has 2 atom stereocenters. The zero-order valence-electron chi connectivity index (χ0n) is 21.4. The standard InChI is InChI=1S/C27H28F2N6O2S/c1-4-17-12-13-27(5-2,25-18(17)14-22(32-33-25)24-19(28)8-6-9-20(24)29)23-11-7-10-21(31-23)26-30-15-35(34-26)16-38(3,36)37/h6-11,14-15,17H,4-5,12-13,16H2,1-3H3/t17-,27+/m0/s1. The van der Waals surface area contributed by atoms with Crippen molar-refractivity contribution in [1.82, 2.24) is 29.9 Å². The zero-order valence-corrected chi connectivity index (χ0v) is 22.2. The highest BCUT2D eigenvalue weighted by Crippen LogP contribution is 2.49. The van der Waals surface area contributed by atoms with E-state index >= 15 is 0 Å². The van der Waals surface area contributed by atoms with E-state index in [1.54, 1.807) is 12.1 Å². The molecule has 198 valence electrons. The maximum atomic E-state index is 14.6. The number of halogens is 2. The van der Waals surface area contributed by atoms with Crippen LogP contribution in [0.4, 0.5) is 8.78 Å². The first-order valence-electron chi connectivity index (χ1n) is 12.5. The number of hydrogen-bond acceptors (Lipinski definition) is 7. The Kier molecular flexibility index (Phi) is 6.81. The molecule has 0 unspecified atom stereocenters. The second-order valence-electron chi connectivity index (χ2n) is 9.78. The Morgan fingerprint density at radius 2 is 1.79 bits per heavy atom. The topological polar surface area (TPSA) is 104 Å². The SMILES string of the molecule is CC[C@H]1CC[C@](CC)(c2cccc(-c3ncn(CS(C)(=O)=O)n3)n2)c2nnc(-c3c(F)cccc3F)cc21. The average Bonchev–Trinajstić information content (AvgIpc) is 3.35. The van der Waals surface area contributed by atoms with Gasteiger partial charge in [-0.25, -0.2) is 31.8 Å². The summed E-state index contributed by atoms with van der Waals surface area (Å²) in [5.74, 6) is -1.14. The van der Waals surface area contributed by atoms with Gasteiger partial charge < -0.3 is 0 Å². The van der Waals surface area contributed by atoms with Crippen LogP contribution in [0.1, 0.15) is 62.4 Å². The number of aromatic nitrogens is 6. The highest BCUT2D eigenvalue weighted by molar-refractivity contribution is 7.89. The predicted molar refractivity (Wildman–Crippen MR) is 139 cm³/mol. The summed E-state index contributed by atoms with van der Waals surface area (Å²) >= 11 is 0. The number of sulfone groups is 1. The second kappa shape index (κ2) is 9.94. The fraction of sp³-hybridized carbons (Fsp3) is 0.370. The van der Waals surface area contributed by atoms with Gasteiger partial charge in [0.05, 0.1) is 28.1 Å². The van der Waals surface area contributed by atoms with Crippen molar-refractivity contribution in [1.29, 1.82) is 0 Å². The largest absolute Gasteiger partial charge is 0.248 e. The van der Waals surface area contributed by atoms with E-state index in [1.165, 1.54) is 29.2 Å². The van der Waals surface area contributed by atoms with Gasteiger partial charge in [-0.15, -0.1) is 10.2 Å². The normalized spacial score (nSPS) is 19.3. The Morgan fingerprint density at radius 3 is 2.47 bits per heavy atom. The summed E-state index contributed by atoms with van der Waals surface area (Å²) in [4.78, 5) is 9.17. The van der Waals surface area contributed by atoms with Crippen LogP contribution in [-0.4, -0.2) is 44.6 Å². The number of pyridine rings is 1.